The van der Waals surface area contributed by atoms with Crippen LogP contribution < -0.4 is 4.74 Å². The molecule has 0 atom stereocenters. The third-order valence-electron chi connectivity index (χ3n) is 2.19. The molecule has 0 fully saturated rings. The van der Waals surface area contributed by atoms with Gasteiger partial charge in [0.15, 0.2) is 0 Å². The van der Waals surface area contributed by atoms with Crippen LogP contribution in [0.2, 0.25) is 0 Å². The molecule has 0 aliphatic heterocycles. The lowest BCUT2D eigenvalue weighted by Crippen LogP contribution is -2.17. The van der Waals surface area contributed by atoms with Crippen molar-refractivity contribution in [1.82, 2.24) is 0 Å². The second-order valence-electron chi connectivity index (χ2n) is 3.34. The van der Waals surface area contributed by atoms with Gasteiger partial charge in [0.2, 0.25) is 11.6 Å². The first-order chi connectivity index (χ1) is 7.59. The average molecular weight is 216 g/mol. The van der Waals surface area contributed by atoms with E-state index in [1.165, 1.54) is 25.1 Å². The number of ether oxygens (including phenoxy) is 1. The number of ketones is 2. The lowest BCUT2D eigenvalue weighted by Gasteiger charge is -2.12. The predicted molar refractivity (Wildman–Crippen MR) is 56.1 cm³/mol. The van der Waals surface area contributed by atoms with Crippen molar-refractivity contribution in [2.24, 2.45) is 0 Å². The Kier molecular flexibility index (Phi) is 2.40. The highest BCUT2D eigenvalue weighted by molar-refractivity contribution is 6.50. The summed E-state index contributed by atoms with van der Waals surface area (Å²) in [7, 11) is 0. The lowest BCUT2D eigenvalue weighted by molar-refractivity contribution is -0.131. The summed E-state index contributed by atoms with van der Waals surface area (Å²) < 4.78 is 4.94. The molecule has 0 aromatic heterocycles. The molecule has 0 radical (unpaired) electrons. The largest absolute Gasteiger partial charge is 0.426 e. The van der Waals surface area contributed by atoms with Crippen LogP contribution in [-0.2, 0) is 9.59 Å². The first-order valence-electron chi connectivity index (χ1n) is 4.68. The third-order valence-corrected chi connectivity index (χ3v) is 2.19. The molecule has 0 spiro atoms. The number of esters is 1. The minimum atomic E-state index is -0.577. The summed E-state index contributed by atoms with van der Waals surface area (Å²) in [5, 5.41) is 0. The van der Waals surface area contributed by atoms with Gasteiger partial charge in [-0.15, -0.1) is 0 Å². The summed E-state index contributed by atoms with van der Waals surface area (Å²) in [5.74, 6) is -1.31. The van der Waals surface area contributed by atoms with Crippen LogP contribution in [0.15, 0.2) is 24.3 Å². The normalized spacial score (nSPS) is 13.6. The molecule has 0 saturated heterocycles. The molecular formula is C12H8O4. The van der Waals surface area contributed by atoms with E-state index in [1.807, 2.05) is 0 Å². The van der Waals surface area contributed by atoms with Crippen LogP contribution >= 0.6 is 0 Å². The van der Waals surface area contributed by atoms with E-state index in [0.29, 0.717) is 11.3 Å². The van der Waals surface area contributed by atoms with Crippen molar-refractivity contribution >= 4 is 23.6 Å². The predicted octanol–water partition coefficient (Wildman–Crippen LogP) is 1.39. The molecule has 0 bridgehead atoms. The molecule has 16 heavy (non-hydrogen) atoms. The molecule has 0 saturated carbocycles. The van der Waals surface area contributed by atoms with E-state index in [4.69, 9.17) is 4.74 Å². The standard InChI is InChI=1S/C12H8O4/c1-7(13)16-11-4-2-3-9-8(11)5-6-10(14)12(9)15/h2-6H,1H3. The van der Waals surface area contributed by atoms with Crippen LogP contribution in [0.5, 0.6) is 5.75 Å². The Morgan fingerprint density at radius 1 is 1.19 bits per heavy atom. The van der Waals surface area contributed by atoms with E-state index < -0.39 is 17.5 Å². The van der Waals surface area contributed by atoms with Crippen molar-refractivity contribution in [3.05, 3.63) is 35.4 Å². The molecular weight excluding hydrogens is 208 g/mol. The Labute approximate surface area is 91.5 Å². The fourth-order valence-electron chi connectivity index (χ4n) is 1.53. The fraction of sp³-hybridized carbons (Fsp3) is 0.0833. The average Bonchev–Trinajstić information content (AvgIpc) is 2.23. The van der Waals surface area contributed by atoms with Gasteiger partial charge in [-0.2, -0.15) is 0 Å². The smallest absolute Gasteiger partial charge is 0.308 e. The van der Waals surface area contributed by atoms with Crippen molar-refractivity contribution in [2.45, 2.75) is 6.92 Å². The summed E-state index contributed by atoms with van der Waals surface area (Å²) in [5.41, 5.74) is 0.744. The van der Waals surface area contributed by atoms with Crippen LogP contribution in [0.4, 0.5) is 0 Å². The van der Waals surface area contributed by atoms with Crippen molar-refractivity contribution in [3.63, 3.8) is 0 Å². The Bertz CT molecular complexity index is 526. The number of hydrogen-bond acceptors (Lipinski definition) is 4. The van der Waals surface area contributed by atoms with E-state index in [9.17, 15) is 14.4 Å². The number of carbonyl (C=O) groups excluding carboxylic acids is 3. The molecule has 1 aliphatic carbocycles. The van der Waals surface area contributed by atoms with Gasteiger partial charge in [0.05, 0.1) is 0 Å². The first kappa shape index (κ1) is 10.3. The molecule has 1 aromatic carbocycles. The quantitative estimate of drug-likeness (QED) is 0.404. The molecule has 2 rings (SSSR count). The highest BCUT2D eigenvalue weighted by Gasteiger charge is 2.23. The number of Topliss-reactive ketones (excluding diaryl/α,β-unsaturated/α-hetero) is 1. The van der Waals surface area contributed by atoms with Gasteiger partial charge in [-0.3, -0.25) is 14.4 Å². The van der Waals surface area contributed by atoms with Gasteiger partial charge in [-0.25, -0.2) is 0 Å². The van der Waals surface area contributed by atoms with Gasteiger partial charge in [-0.1, -0.05) is 12.1 Å². The minimum Gasteiger partial charge on any atom is -0.426 e. The molecule has 4 heteroatoms. The number of rotatable bonds is 1. The first-order valence-corrected chi connectivity index (χ1v) is 4.68. The van der Waals surface area contributed by atoms with Gasteiger partial charge in [0.25, 0.3) is 0 Å². The number of benzene rings is 1. The Balaban J connectivity index is 2.55. The highest BCUT2D eigenvalue weighted by Crippen LogP contribution is 2.27. The van der Waals surface area contributed by atoms with E-state index >= 15 is 0 Å². The Hall–Kier alpha value is -2.23. The molecule has 0 heterocycles. The zero-order valence-electron chi connectivity index (χ0n) is 8.52. The lowest BCUT2D eigenvalue weighted by atomic mass is 9.95. The monoisotopic (exact) mass is 216 g/mol. The summed E-state index contributed by atoms with van der Waals surface area (Å²) >= 11 is 0. The second kappa shape index (κ2) is 3.73. The molecule has 4 nitrogen and oxygen atoms in total. The maximum Gasteiger partial charge on any atom is 0.308 e. The van der Waals surface area contributed by atoms with Gasteiger partial charge in [-0.05, 0) is 18.2 Å². The number of hydrogen-bond donors (Lipinski definition) is 0. The van der Waals surface area contributed by atoms with Crippen molar-refractivity contribution in [3.8, 4) is 5.75 Å². The van der Waals surface area contributed by atoms with Crippen molar-refractivity contribution in [2.75, 3.05) is 0 Å². The molecule has 80 valence electrons. The van der Waals surface area contributed by atoms with Crippen LogP contribution in [-0.4, -0.2) is 17.5 Å². The minimum absolute atomic E-state index is 0.270. The van der Waals surface area contributed by atoms with E-state index in [1.54, 1.807) is 12.1 Å². The Morgan fingerprint density at radius 3 is 2.62 bits per heavy atom. The third kappa shape index (κ3) is 1.65. The SMILES string of the molecule is CC(=O)Oc1cccc2c1C=CC(=O)C2=O. The summed E-state index contributed by atoms with van der Waals surface area (Å²) in [6.45, 7) is 1.28. The second-order valence-corrected chi connectivity index (χ2v) is 3.34. The van der Waals surface area contributed by atoms with Crippen LogP contribution in [0.3, 0.4) is 0 Å². The topological polar surface area (TPSA) is 60.4 Å². The highest BCUT2D eigenvalue weighted by atomic mass is 16.5. The van der Waals surface area contributed by atoms with Gasteiger partial charge >= 0.3 is 5.97 Å². The van der Waals surface area contributed by atoms with Crippen molar-refractivity contribution < 1.29 is 19.1 Å². The number of allylic oxidation sites excluding steroid dienone is 1. The number of fused-ring (bicyclic) bond motifs is 1. The number of carbonyl (C=O) groups is 3. The fourth-order valence-corrected chi connectivity index (χ4v) is 1.53. The van der Waals surface area contributed by atoms with E-state index in [2.05, 4.69) is 0 Å². The van der Waals surface area contributed by atoms with Gasteiger partial charge < -0.3 is 4.74 Å². The molecule has 1 aromatic rings. The zero-order valence-corrected chi connectivity index (χ0v) is 8.52. The van der Waals surface area contributed by atoms with E-state index in [0.717, 1.165) is 0 Å². The summed E-state index contributed by atoms with van der Waals surface area (Å²) in [4.78, 5) is 33.5. The van der Waals surface area contributed by atoms with Gasteiger partial charge in [0.1, 0.15) is 5.75 Å². The maximum absolute atomic E-state index is 11.5. The Morgan fingerprint density at radius 2 is 1.94 bits per heavy atom. The molecule has 0 unspecified atom stereocenters. The summed E-state index contributed by atoms with van der Waals surface area (Å²) in [6.07, 6.45) is 2.66. The molecule has 1 aliphatic rings. The van der Waals surface area contributed by atoms with Gasteiger partial charge in [0, 0.05) is 18.1 Å². The molecule has 0 N–H and O–H groups in total. The van der Waals surface area contributed by atoms with E-state index in [-0.39, 0.29) is 5.56 Å². The van der Waals surface area contributed by atoms with Crippen LogP contribution in [0.1, 0.15) is 22.8 Å². The van der Waals surface area contributed by atoms with Crippen molar-refractivity contribution in [1.29, 1.82) is 0 Å². The molecule has 0 amide bonds. The zero-order chi connectivity index (χ0) is 11.7. The van der Waals surface area contributed by atoms with Crippen LogP contribution in [0.25, 0.3) is 6.08 Å². The maximum atomic E-state index is 11.5. The van der Waals surface area contributed by atoms with Crippen LogP contribution in [0, 0.1) is 0 Å². The summed E-state index contributed by atoms with van der Waals surface area (Å²) in [6, 6.07) is 4.68.